The van der Waals surface area contributed by atoms with Gasteiger partial charge >= 0.3 is 0 Å². The van der Waals surface area contributed by atoms with Gasteiger partial charge < -0.3 is 10.1 Å². The van der Waals surface area contributed by atoms with E-state index in [1.54, 1.807) is 25.2 Å². The molecule has 0 aliphatic heterocycles. The van der Waals surface area contributed by atoms with Crippen LogP contribution in [0.15, 0.2) is 24.3 Å². The van der Waals surface area contributed by atoms with Crippen LogP contribution >= 0.6 is 0 Å². The molecule has 2 aliphatic carbocycles. The number of hydrogen-bond acceptors (Lipinski definition) is 3. The van der Waals surface area contributed by atoms with Crippen LogP contribution in [0.2, 0.25) is 0 Å². The second-order valence-electron chi connectivity index (χ2n) is 7.14. The Morgan fingerprint density at radius 3 is 2.80 bits per heavy atom. The number of aromatic nitrogens is 2. The molecule has 2 saturated carbocycles. The van der Waals surface area contributed by atoms with Crippen LogP contribution in [-0.4, -0.2) is 28.8 Å². The van der Waals surface area contributed by atoms with Crippen molar-refractivity contribution in [3.8, 4) is 17.0 Å². The predicted molar refractivity (Wildman–Crippen MR) is 91.9 cm³/mol. The van der Waals surface area contributed by atoms with E-state index in [2.05, 4.69) is 10.4 Å². The van der Waals surface area contributed by atoms with Gasteiger partial charge in [-0.05, 0) is 49.3 Å². The van der Waals surface area contributed by atoms with Crippen molar-refractivity contribution in [1.29, 1.82) is 0 Å². The highest BCUT2D eigenvalue weighted by molar-refractivity contribution is 5.94. The summed E-state index contributed by atoms with van der Waals surface area (Å²) in [6.45, 7) is 0. The molecule has 0 saturated heterocycles. The van der Waals surface area contributed by atoms with Gasteiger partial charge in [0.05, 0.1) is 12.8 Å². The molecule has 5 nitrogen and oxygen atoms in total. The SMILES string of the molecule is COc1ccc(-c2cc(C(=O)N[C@@H]3C[C@H]4CC[C@H]3C4)n(C)n2)c(F)c1. The normalized spacial score (nSPS) is 24.5. The first-order chi connectivity index (χ1) is 12.0. The molecule has 25 heavy (non-hydrogen) atoms. The van der Waals surface area contributed by atoms with Gasteiger partial charge in [-0.1, -0.05) is 6.42 Å². The maximum absolute atomic E-state index is 14.3. The molecule has 1 aromatic heterocycles. The Morgan fingerprint density at radius 2 is 2.16 bits per heavy atom. The average molecular weight is 343 g/mol. The summed E-state index contributed by atoms with van der Waals surface area (Å²) in [7, 11) is 3.20. The standard InChI is InChI=1S/C19H22FN3O2/c1-23-18(19(24)21-16-8-11-3-4-12(16)7-11)10-17(22-23)14-6-5-13(25-2)9-15(14)20/h5-6,9-12,16H,3-4,7-8H2,1-2H3,(H,21,24)/t11-,12-,16+/m0/s1. The highest BCUT2D eigenvalue weighted by Gasteiger charge is 2.40. The molecular formula is C19H22FN3O2. The summed E-state index contributed by atoms with van der Waals surface area (Å²) in [4.78, 5) is 12.6. The van der Waals surface area contributed by atoms with Gasteiger partial charge in [-0.3, -0.25) is 9.48 Å². The Hall–Kier alpha value is -2.37. The number of nitrogens with one attached hydrogen (secondary N) is 1. The largest absolute Gasteiger partial charge is 0.497 e. The van der Waals surface area contributed by atoms with Crippen molar-refractivity contribution in [2.24, 2.45) is 18.9 Å². The first kappa shape index (κ1) is 16.1. The van der Waals surface area contributed by atoms with Crippen molar-refractivity contribution in [3.05, 3.63) is 35.8 Å². The zero-order valence-corrected chi connectivity index (χ0v) is 14.5. The summed E-state index contributed by atoms with van der Waals surface area (Å²) in [6, 6.07) is 6.53. The molecule has 3 atom stereocenters. The van der Waals surface area contributed by atoms with Crippen LogP contribution in [-0.2, 0) is 7.05 Å². The summed E-state index contributed by atoms with van der Waals surface area (Å²) in [6.07, 6.45) is 4.82. The number of rotatable bonds is 4. The van der Waals surface area contributed by atoms with Crippen LogP contribution in [0.5, 0.6) is 5.75 Å². The Bertz CT molecular complexity index is 817. The number of nitrogens with zero attached hydrogens (tertiary/aromatic N) is 2. The average Bonchev–Trinajstić information content (AvgIpc) is 3.30. The first-order valence-corrected chi connectivity index (χ1v) is 8.74. The number of ether oxygens (including phenoxy) is 1. The molecule has 1 N–H and O–H groups in total. The van der Waals surface area contributed by atoms with Crippen molar-refractivity contribution >= 4 is 5.91 Å². The van der Waals surface area contributed by atoms with E-state index in [-0.39, 0.29) is 11.9 Å². The fraction of sp³-hybridized carbons (Fsp3) is 0.474. The number of carbonyl (C=O) groups is 1. The number of methoxy groups -OCH3 is 1. The third-order valence-corrected chi connectivity index (χ3v) is 5.62. The number of aryl methyl sites for hydroxylation is 1. The van der Waals surface area contributed by atoms with Crippen molar-refractivity contribution < 1.29 is 13.9 Å². The van der Waals surface area contributed by atoms with Crippen molar-refractivity contribution in [1.82, 2.24) is 15.1 Å². The van der Waals surface area contributed by atoms with E-state index < -0.39 is 5.82 Å². The molecular weight excluding hydrogens is 321 g/mol. The van der Waals surface area contributed by atoms with Gasteiger partial charge in [0, 0.05) is 24.7 Å². The quantitative estimate of drug-likeness (QED) is 0.928. The maximum Gasteiger partial charge on any atom is 0.269 e. The second kappa shape index (κ2) is 6.17. The van der Waals surface area contributed by atoms with Crippen LogP contribution in [0, 0.1) is 17.7 Å². The fourth-order valence-corrected chi connectivity index (χ4v) is 4.31. The molecule has 1 heterocycles. The zero-order valence-electron chi connectivity index (χ0n) is 14.5. The van der Waals surface area contributed by atoms with E-state index in [0.29, 0.717) is 28.6 Å². The van der Waals surface area contributed by atoms with Gasteiger partial charge in [0.2, 0.25) is 0 Å². The molecule has 4 rings (SSSR count). The van der Waals surface area contributed by atoms with Crippen LogP contribution in [0.1, 0.15) is 36.2 Å². The highest BCUT2D eigenvalue weighted by atomic mass is 19.1. The number of fused-ring (bicyclic) bond motifs is 2. The van der Waals surface area contributed by atoms with Gasteiger partial charge in [-0.2, -0.15) is 5.10 Å². The molecule has 6 heteroatoms. The van der Waals surface area contributed by atoms with Crippen molar-refractivity contribution in [2.45, 2.75) is 31.7 Å². The van der Waals surface area contributed by atoms with E-state index in [1.165, 1.54) is 37.1 Å². The minimum atomic E-state index is -0.419. The number of halogens is 1. The monoisotopic (exact) mass is 343 g/mol. The first-order valence-electron chi connectivity index (χ1n) is 8.74. The van der Waals surface area contributed by atoms with Crippen LogP contribution < -0.4 is 10.1 Å². The van der Waals surface area contributed by atoms with Gasteiger partial charge in [0.15, 0.2) is 0 Å². The number of carbonyl (C=O) groups excluding carboxylic acids is 1. The molecule has 0 spiro atoms. The molecule has 132 valence electrons. The highest BCUT2D eigenvalue weighted by Crippen LogP contribution is 2.44. The second-order valence-corrected chi connectivity index (χ2v) is 7.14. The number of benzene rings is 1. The van der Waals surface area contributed by atoms with E-state index in [9.17, 15) is 9.18 Å². The lowest BCUT2D eigenvalue weighted by atomic mass is 9.95. The lowest BCUT2D eigenvalue weighted by Crippen LogP contribution is -2.39. The predicted octanol–water partition coefficient (Wildman–Crippen LogP) is 3.15. The summed E-state index contributed by atoms with van der Waals surface area (Å²) in [5.41, 5.74) is 1.25. The third kappa shape index (κ3) is 2.90. The molecule has 2 aromatic rings. The van der Waals surface area contributed by atoms with Gasteiger partial charge in [0.25, 0.3) is 5.91 Å². The third-order valence-electron chi connectivity index (χ3n) is 5.62. The van der Waals surface area contributed by atoms with Crippen molar-refractivity contribution in [2.75, 3.05) is 7.11 Å². The Morgan fingerprint density at radius 1 is 1.32 bits per heavy atom. The van der Waals surface area contributed by atoms with Gasteiger partial charge in [-0.25, -0.2) is 4.39 Å². The minimum Gasteiger partial charge on any atom is -0.497 e. The van der Waals surface area contributed by atoms with Gasteiger partial charge in [-0.15, -0.1) is 0 Å². The summed E-state index contributed by atoms with van der Waals surface area (Å²) < 4.78 is 20.8. The summed E-state index contributed by atoms with van der Waals surface area (Å²) >= 11 is 0. The van der Waals surface area contributed by atoms with E-state index in [1.807, 2.05) is 0 Å². The molecule has 0 unspecified atom stereocenters. The molecule has 2 aliphatic rings. The van der Waals surface area contributed by atoms with Crippen LogP contribution in [0.3, 0.4) is 0 Å². The smallest absolute Gasteiger partial charge is 0.269 e. The Balaban J connectivity index is 1.55. The van der Waals surface area contributed by atoms with Gasteiger partial charge in [0.1, 0.15) is 17.3 Å². The molecule has 2 bridgehead atoms. The Labute approximate surface area is 146 Å². The summed E-state index contributed by atoms with van der Waals surface area (Å²) in [5.74, 6) is 1.28. The van der Waals surface area contributed by atoms with Crippen LogP contribution in [0.4, 0.5) is 4.39 Å². The molecule has 0 radical (unpaired) electrons. The molecule has 1 aromatic carbocycles. The van der Waals surface area contributed by atoms with E-state index >= 15 is 0 Å². The van der Waals surface area contributed by atoms with E-state index in [4.69, 9.17) is 4.74 Å². The molecule has 1 amide bonds. The van der Waals surface area contributed by atoms with Crippen molar-refractivity contribution in [3.63, 3.8) is 0 Å². The number of amides is 1. The fourth-order valence-electron chi connectivity index (χ4n) is 4.31. The Kier molecular flexibility index (Phi) is 3.98. The summed E-state index contributed by atoms with van der Waals surface area (Å²) in [5, 5.41) is 7.47. The van der Waals surface area contributed by atoms with E-state index in [0.717, 1.165) is 12.3 Å². The zero-order chi connectivity index (χ0) is 17.6. The number of hydrogen-bond donors (Lipinski definition) is 1. The lowest BCUT2D eigenvalue weighted by Gasteiger charge is -2.22. The minimum absolute atomic E-state index is 0.132. The van der Waals surface area contributed by atoms with Crippen LogP contribution in [0.25, 0.3) is 11.3 Å². The topological polar surface area (TPSA) is 56.1 Å². The molecule has 2 fully saturated rings. The maximum atomic E-state index is 14.3. The lowest BCUT2D eigenvalue weighted by molar-refractivity contribution is 0.0913.